The van der Waals surface area contributed by atoms with E-state index in [4.69, 9.17) is 11.6 Å². The normalized spacial score (nSPS) is 24.0. The van der Waals surface area contributed by atoms with Crippen LogP contribution in [0.4, 0.5) is 0 Å². The van der Waals surface area contributed by atoms with E-state index in [2.05, 4.69) is 43.0 Å². The fourth-order valence-corrected chi connectivity index (χ4v) is 5.69. The smallest absolute Gasteiger partial charge is 0.0872 e. The van der Waals surface area contributed by atoms with E-state index in [9.17, 15) is 5.11 Å². The van der Waals surface area contributed by atoms with Crippen LogP contribution in [0.15, 0.2) is 24.3 Å². The third kappa shape index (κ3) is 2.93. The molecule has 1 atom stereocenters. The topological polar surface area (TPSA) is 23.5 Å². The van der Waals surface area contributed by atoms with E-state index in [0.717, 1.165) is 31.0 Å². The van der Waals surface area contributed by atoms with E-state index >= 15 is 0 Å². The first kappa shape index (κ1) is 17.7. The van der Waals surface area contributed by atoms with Gasteiger partial charge in [-0.2, -0.15) is 0 Å². The third-order valence-corrected chi connectivity index (χ3v) is 7.15. The Morgan fingerprint density at radius 1 is 1.11 bits per heavy atom. The van der Waals surface area contributed by atoms with Crippen molar-refractivity contribution in [3.05, 3.63) is 57.1 Å². The molecule has 142 valence electrons. The van der Waals surface area contributed by atoms with Gasteiger partial charge in [-0.25, -0.2) is 0 Å². The second-order valence-corrected chi connectivity index (χ2v) is 9.63. The molecule has 1 heterocycles. The van der Waals surface area contributed by atoms with Crippen molar-refractivity contribution in [1.82, 2.24) is 4.90 Å². The highest BCUT2D eigenvalue weighted by Crippen LogP contribution is 2.47. The minimum absolute atomic E-state index is 0.466. The molecule has 5 rings (SSSR count). The minimum atomic E-state index is -0.508. The molecule has 3 aliphatic rings. The third-order valence-electron chi connectivity index (χ3n) is 6.83. The fraction of sp³-hybridized carbons (Fsp3) is 0.500. The molecule has 2 aromatic rings. The molecule has 1 saturated heterocycles. The summed E-state index contributed by atoms with van der Waals surface area (Å²) >= 11 is 6.61. The molecule has 1 N–H and O–H groups in total. The van der Waals surface area contributed by atoms with Crippen LogP contribution >= 0.6 is 11.6 Å². The highest BCUT2D eigenvalue weighted by molar-refractivity contribution is 6.31. The molecule has 3 heteroatoms. The molecular formula is C24H28ClNO. The Bertz CT molecular complexity index is 920. The fourth-order valence-electron chi connectivity index (χ4n) is 5.35. The van der Waals surface area contributed by atoms with Gasteiger partial charge < -0.3 is 5.11 Å². The molecular weight excluding hydrogens is 354 g/mol. The van der Waals surface area contributed by atoms with Gasteiger partial charge in [0.1, 0.15) is 0 Å². The number of hydrogen-bond donors (Lipinski definition) is 1. The van der Waals surface area contributed by atoms with Gasteiger partial charge >= 0.3 is 0 Å². The molecule has 2 fully saturated rings. The van der Waals surface area contributed by atoms with Crippen molar-refractivity contribution < 1.29 is 5.11 Å². The maximum atomic E-state index is 10.1. The van der Waals surface area contributed by atoms with Gasteiger partial charge in [0.05, 0.1) is 5.60 Å². The number of β-amino-alcohol motifs (C(OH)–C–C–N with tert-alkyl or cyclic N) is 1. The van der Waals surface area contributed by atoms with E-state index < -0.39 is 5.60 Å². The van der Waals surface area contributed by atoms with Crippen LogP contribution in [0.3, 0.4) is 0 Å². The summed E-state index contributed by atoms with van der Waals surface area (Å²) in [6.45, 7) is 8.03. The summed E-state index contributed by atoms with van der Waals surface area (Å²) in [4.78, 5) is 2.44. The van der Waals surface area contributed by atoms with Gasteiger partial charge in [-0.3, -0.25) is 4.90 Å². The van der Waals surface area contributed by atoms with Crippen LogP contribution in [0.2, 0.25) is 5.02 Å². The molecule has 1 aliphatic heterocycles. The van der Waals surface area contributed by atoms with Crippen LogP contribution in [0.25, 0.3) is 11.1 Å². The molecule has 2 nitrogen and oxygen atoms in total. The minimum Gasteiger partial charge on any atom is -0.388 e. The largest absolute Gasteiger partial charge is 0.388 e. The molecule has 0 aromatic heterocycles. The summed E-state index contributed by atoms with van der Waals surface area (Å²) in [6, 6.07) is 9.48. The average molecular weight is 382 g/mol. The summed E-state index contributed by atoms with van der Waals surface area (Å²) in [7, 11) is 0. The van der Waals surface area contributed by atoms with Crippen molar-refractivity contribution in [3.8, 4) is 11.1 Å². The van der Waals surface area contributed by atoms with Crippen molar-refractivity contribution in [2.45, 2.75) is 64.0 Å². The second kappa shape index (κ2) is 6.07. The van der Waals surface area contributed by atoms with Gasteiger partial charge in [0.2, 0.25) is 0 Å². The lowest BCUT2D eigenvalue weighted by Gasteiger charge is -2.48. The van der Waals surface area contributed by atoms with E-state index in [1.165, 1.54) is 51.8 Å². The Balaban J connectivity index is 1.51. The zero-order chi connectivity index (χ0) is 18.9. The average Bonchev–Trinajstić information content (AvgIpc) is 3.33. The first-order valence-corrected chi connectivity index (χ1v) is 10.6. The number of fused-ring (bicyclic) bond motifs is 1. The van der Waals surface area contributed by atoms with E-state index in [0.29, 0.717) is 12.0 Å². The van der Waals surface area contributed by atoms with E-state index in [1.54, 1.807) is 0 Å². The standard InChI is InChI=1S/C24H28ClNO/c1-14-10-20(17-6-7-19(16-4-5-16)21(25)11-17)15(2)18-8-9-22(23(14)18)26-12-24(3,27)13-26/h6-7,10-11,16,22,27H,4-5,8-9,12-13H2,1-3H3/t22-/m0/s1. The highest BCUT2D eigenvalue weighted by atomic mass is 35.5. The quantitative estimate of drug-likeness (QED) is 0.752. The van der Waals surface area contributed by atoms with E-state index in [1.807, 2.05) is 6.92 Å². The number of rotatable bonds is 3. The predicted octanol–water partition coefficient (Wildman–Crippen LogP) is 5.56. The number of nitrogens with zero attached hydrogens (tertiary/aromatic N) is 1. The molecule has 0 bridgehead atoms. The van der Waals surface area contributed by atoms with Crippen molar-refractivity contribution in [3.63, 3.8) is 0 Å². The van der Waals surface area contributed by atoms with Gasteiger partial charge in [0.25, 0.3) is 0 Å². The van der Waals surface area contributed by atoms with Crippen molar-refractivity contribution in [2.75, 3.05) is 13.1 Å². The number of aliphatic hydroxyl groups is 1. The van der Waals surface area contributed by atoms with Gasteiger partial charge in [-0.15, -0.1) is 0 Å². The Hall–Kier alpha value is -1.35. The summed E-state index contributed by atoms with van der Waals surface area (Å²) in [5.74, 6) is 0.684. The second-order valence-electron chi connectivity index (χ2n) is 9.23. The number of halogens is 1. The SMILES string of the molecule is Cc1cc(-c2ccc(C3CC3)c(Cl)c2)c(C)c2c1[C@@H](N1CC(C)(O)C1)CC2. The number of likely N-dealkylation sites (tertiary alicyclic amines) is 1. The molecule has 1 saturated carbocycles. The first-order chi connectivity index (χ1) is 12.8. The summed E-state index contributed by atoms with van der Waals surface area (Å²) in [5.41, 5.74) is 9.18. The molecule has 2 aromatic carbocycles. The lowest BCUT2D eigenvalue weighted by Crippen LogP contribution is -2.60. The maximum absolute atomic E-state index is 10.1. The van der Waals surface area contributed by atoms with Gasteiger partial charge in [0.15, 0.2) is 0 Å². The van der Waals surface area contributed by atoms with Gasteiger partial charge in [-0.05, 0) is 97.4 Å². The molecule has 2 aliphatic carbocycles. The Morgan fingerprint density at radius 2 is 1.85 bits per heavy atom. The molecule has 0 radical (unpaired) electrons. The summed E-state index contributed by atoms with van der Waals surface area (Å²) < 4.78 is 0. The van der Waals surface area contributed by atoms with Crippen LogP contribution < -0.4 is 0 Å². The monoisotopic (exact) mass is 381 g/mol. The molecule has 0 amide bonds. The molecule has 0 unspecified atom stereocenters. The Morgan fingerprint density at radius 3 is 2.48 bits per heavy atom. The predicted molar refractivity (Wildman–Crippen MR) is 112 cm³/mol. The van der Waals surface area contributed by atoms with Crippen LogP contribution in [0, 0.1) is 13.8 Å². The lowest BCUT2D eigenvalue weighted by atomic mass is 9.87. The zero-order valence-corrected chi connectivity index (χ0v) is 17.2. The summed E-state index contributed by atoms with van der Waals surface area (Å²) in [5, 5.41) is 11.1. The highest BCUT2D eigenvalue weighted by Gasteiger charge is 2.43. The van der Waals surface area contributed by atoms with Crippen LogP contribution in [0.5, 0.6) is 0 Å². The zero-order valence-electron chi connectivity index (χ0n) is 16.5. The van der Waals surface area contributed by atoms with Crippen molar-refractivity contribution in [1.29, 1.82) is 0 Å². The van der Waals surface area contributed by atoms with Crippen molar-refractivity contribution in [2.24, 2.45) is 0 Å². The maximum Gasteiger partial charge on any atom is 0.0872 e. The van der Waals surface area contributed by atoms with Crippen LogP contribution in [0.1, 0.15) is 66.0 Å². The van der Waals surface area contributed by atoms with Crippen molar-refractivity contribution >= 4 is 11.6 Å². The molecule has 0 spiro atoms. The first-order valence-electron chi connectivity index (χ1n) is 10.2. The van der Waals surface area contributed by atoms with Crippen LogP contribution in [-0.2, 0) is 6.42 Å². The van der Waals surface area contributed by atoms with Gasteiger partial charge in [-0.1, -0.05) is 29.8 Å². The lowest BCUT2D eigenvalue weighted by molar-refractivity contribution is -0.103. The number of aryl methyl sites for hydroxylation is 1. The van der Waals surface area contributed by atoms with E-state index in [-0.39, 0.29) is 0 Å². The summed E-state index contributed by atoms with van der Waals surface area (Å²) in [6.07, 6.45) is 4.85. The number of hydrogen-bond acceptors (Lipinski definition) is 2. The Kier molecular flexibility index (Phi) is 3.99. The Labute approximate surface area is 167 Å². The molecule has 27 heavy (non-hydrogen) atoms. The number of benzene rings is 2. The van der Waals surface area contributed by atoms with Gasteiger partial charge in [0, 0.05) is 24.2 Å². The van der Waals surface area contributed by atoms with Crippen LogP contribution in [-0.4, -0.2) is 28.7 Å².